The lowest BCUT2D eigenvalue weighted by atomic mass is 9.69. The zero-order chi connectivity index (χ0) is 13.4. The second-order valence-corrected chi connectivity index (χ2v) is 5.87. The van der Waals surface area contributed by atoms with Crippen LogP contribution in [0, 0.1) is 11.8 Å². The standard InChI is InChI=1S/C13H21F4N/c1-18-11-8-13(16,17)6-4-10(11)9-3-2-5-12(14,15)7-9/h9-11,18H,2-8H2,1H3. The predicted octanol–water partition coefficient (Wildman–Crippen LogP) is 3.84. The molecular weight excluding hydrogens is 246 g/mol. The average Bonchev–Trinajstić information content (AvgIpc) is 2.26. The van der Waals surface area contributed by atoms with Crippen molar-refractivity contribution in [1.29, 1.82) is 0 Å². The van der Waals surface area contributed by atoms with Gasteiger partial charge >= 0.3 is 0 Å². The first-order valence-electron chi connectivity index (χ1n) is 6.76. The Hall–Kier alpha value is -0.320. The molecule has 0 saturated heterocycles. The van der Waals surface area contributed by atoms with E-state index in [1.54, 1.807) is 7.05 Å². The molecule has 3 atom stereocenters. The molecule has 1 nitrogen and oxygen atoms in total. The molecule has 2 rings (SSSR count). The fraction of sp³-hybridized carbons (Fsp3) is 1.00. The maximum absolute atomic E-state index is 13.4. The zero-order valence-electron chi connectivity index (χ0n) is 10.7. The van der Waals surface area contributed by atoms with Gasteiger partial charge in [0.1, 0.15) is 0 Å². The molecule has 3 unspecified atom stereocenters. The Balaban J connectivity index is 2.03. The van der Waals surface area contributed by atoms with E-state index in [0.717, 1.165) is 6.42 Å². The molecule has 0 heterocycles. The lowest BCUT2D eigenvalue weighted by Gasteiger charge is -2.42. The molecule has 2 saturated carbocycles. The van der Waals surface area contributed by atoms with Crippen LogP contribution in [0.25, 0.3) is 0 Å². The van der Waals surface area contributed by atoms with Crippen molar-refractivity contribution in [1.82, 2.24) is 5.32 Å². The van der Waals surface area contributed by atoms with Gasteiger partial charge in [-0.1, -0.05) is 0 Å². The van der Waals surface area contributed by atoms with E-state index < -0.39 is 11.8 Å². The first-order chi connectivity index (χ1) is 8.33. The molecule has 2 aliphatic rings. The smallest absolute Gasteiger partial charge is 0.249 e. The van der Waals surface area contributed by atoms with Crippen molar-refractivity contribution in [2.45, 2.75) is 62.8 Å². The number of hydrogen-bond donors (Lipinski definition) is 1. The van der Waals surface area contributed by atoms with E-state index in [0.29, 0.717) is 12.8 Å². The number of alkyl halides is 4. The summed E-state index contributed by atoms with van der Waals surface area (Å²) in [5, 5.41) is 2.91. The van der Waals surface area contributed by atoms with E-state index in [2.05, 4.69) is 5.32 Å². The Labute approximate surface area is 105 Å². The van der Waals surface area contributed by atoms with Crippen LogP contribution in [0.5, 0.6) is 0 Å². The van der Waals surface area contributed by atoms with Crippen LogP contribution in [0.3, 0.4) is 0 Å². The summed E-state index contributed by atoms with van der Waals surface area (Å²) >= 11 is 0. The van der Waals surface area contributed by atoms with Crippen molar-refractivity contribution < 1.29 is 17.6 Å². The van der Waals surface area contributed by atoms with E-state index in [1.807, 2.05) is 0 Å². The molecule has 0 aromatic carbocycles. The molecule has 2 fully saturated rings. The highest BCUT2D eigenvalue weighted by atomic mass is 19.3. The summed E-state index contributed by atoms with van der Waals surface area (Å²) in [5.41, 5.74) is 0. The van der Waals surface area contributed by atoms with Gasteiger partial charge in [-0.2, -0.15) is 0 Å². The number of hydrogen-bond acceptors (Lipinski definition) is 1. The van der Waals surface area contributed by atoms with Gasteiger partial charge in [0, 0.05) is 31.7 Å². The SMILES string of the molecule is CNC1CC(F)(F)CCC1C1CCCC(F)(F)C1. The molecule has 0 radical (unpaired) electrons. The Morgan fingerprint density at radius 3 is 2.22 bits per heavy atom. The van der Waals surface area contributed by atoms with Crippen molar-refractivity contribution in [3.05, 3.63) is 0 Å². The van der Waals surface area contributed by atoms with Gasteiger partial charge in [-0.15, -0.1) is 0 Å². The third-order valence-electron chi connectivity index (χ3n) is 4.53. The molecule has 0 aliphatic heterocycles. The molecule has 0 amide bonds. The summed E-state index contributed by atoms with van der Waals surface area (Å²) in [6.45, 7) is 0. The molecule has 0 spiro atoms. The van der Waals surface area contributed by atoms with Gasteiger partial charge in [0.2, 0.25) is 11.8 Å². The van der Waals surface area contributed by atoms with Crippen molar-refractivity contribution in [3.63, 3.8) is 0 Å². The average molecular weight is 267 g/mol. The normalized spacial score (nSPS) is 39.5. The molecule has 18 heavy (non-hydrogen) atoms. The van der Waals surface area contributed by atoms with E-state index in [-0.39, 0.29) is 43.6 Å². The van der Waals surface area contributed by atoms with Gasteiger partial charge in [0.05, 0.1) is 0 Å². The Kier molecular flexibility index (Phi) is 3.90. The van der Waals surface area contributed by atoms with Gasteiger partial charge in [-0.25, -0.2) is 17.6 Å². The first-order valence-corrected chi connectivity index (χ1v) is 6.76. The van der Waals surface area contributed by atoms with E-state index >= 15 is 0 Å². The van der Waals surface area contributed by atoms with Crippen molar-refractivity contribution in [3.8, 4) is 0 Å². The molecule has 106 valence electrons. The molecule has 0 bridgehead atoms. The maximum Gasteiger partial charge on any atom is 0.249 e. The fourth-order valence-electron chi connectivity index (χ4n) is 3.61. The molecule has 0 aromatic heterocycles. The first kappa shape index (κ1) is 14.1. The highest BCUT2D eigenvalue weighted by Crippen LogP contribution is 2.46. The second-order valence-electron chi connectivity index (χ2n) is 5.87. The van der Waals surface area contributed by atoms with Gasteiger partial charge in [0.15, 0.2) is 0 Å². The van der Waals surface area contributed by atoms with E-state index in [9.17, 15) is 17.6 Å². The number of rotatable bonds is 2. The van der Waals surface area contributed by atoms with Gasteiger partial charge in [0.25, 0.3) is 0 Å². The highest BCUT2D eigenvalue weighted by Gasteiger charge is 2.46. The van der Waals surface area contributed by atoms with Crippen LogP contribution < -0.4 is 5.32 Å². The van der Waals surface area contributed by atoms with Gasteiger partial charge in [-0.3, -0.25) is 0 Å². The van der Waals surface area contributed by atoms with Crippen LogP contribution in [0.1, 0.15) is 44.9 Å². The van der Waals surface area contributed by atoms with Crippen molar-refractivity contribution in [2.75, 3.05) is 7.05 Å². The van der Waals surface area contributed by atoms with Gasteiger partial charge in [-0.05, 0) is 38.1 Å². The van der Waals surface area contributed by atoms with Crippen LogP contribution in [0.15, 0.2) is 0 Å². The molecule has 5 heteroatoms. The van der Waals surface area contributed by atoms with Crippen LogP contribution in [0.2, 0.25) is 0 Å². The Morgan fingerprint density at radius 1 is 0.944 bits per heavy atom. The third-order valence-corrected chi connectivity index (χ3v) is 4.53. The number of nitrogens with one attached hydrogen (secondary N) is 1. The fourth-order valence-corrected chi connectivity index (χ4v) is 3.61. The van der Waals surface area contributed by atoms with E-state index in [4.69, 9.17) is 0 Å². The molecule has 1 N–H and O–H groups in total. The van der Waals surface area contributed by atoms with Crippen LogP contribution >= 0.6 is 0 Å². The molecule has 2 aliphatic carbocycles. The second kappa shape index (κ2) is 4.99. The third kappa shape index (κ3) is 3.16. The highest BCUT2D eigenvalue weighted by molar-refractivity contribution is 4.94. The minimum Gasteiger partial charge on any atom is -0.316 e. The van der Waals surface area contributed by atoms with Crippen LogP contribution in [-0.4, -0.2) is 24.9 Å². The van der Waals surface area contributed by atoms with E-state index in [1.165, 1.54) is 0 Å². The van der Waals surface area contributed by atoms with Crippen molar-refractivity contribution >= 4 is 0 Å². The monoisotopic (exact) mass is 267 g/mol. The predicted molar refractivity (Wildman–Crippen MR) is 62.0 cm³/mol. The topological polar surface area (TPSA) is 12.0 Å². The molecular formula is C13H21F4N. The Morgan fingerprint density at radius 2 is 1.61 bits per heavy atom. The summed E-state index contributed by atoms with van der Waals surface area (Å²) in [4.78, 5) is 0. The maximum atomic E-state index is 13.4. The summed E-state index contributed by atoms with van der Waals surface area (Å²) < 4.78 is 53.5. The summed E-state index contributed by atoms with van der Waals surface area (Å²) in [5.74, 6) is -5.37. The number of halogens is 4. The van der Waals surface area contributed by atoms with Crippen molar-refractivity contribution in [2.24, 2.45) is 11.8 Å². The zero-order valence-corrected chi connectivity index (χ0v) is 10.7. The summed E-state index contributed by atoms with van der Waals surface area (Å²) in [6.07, 6.45) is 1.09. The summed E-state index contributed by atoms with van der Waals surface area (Å²) in [6, 6.07) is -0.326. The van der Waals surface area contributed by atoms with Gasteiger partial charge < -0.3 is 5.32 Å². The largest absolute Gasteiger partial charge is 0.316 e. The lowest BCUT2D eigenvalue weighted by Crippen LogP contribution is -2.48. The Bertz CT molecular complexity index is 293. The quantitative estimate of drug-likeness (QED) is 0.750. The summed E-state index contributed by atoms with van der Waals surface area (Å²) in [7, 11) is 1.65. The molecule has 0 aromatic rings. The minimum absolute atomic E-state index is 0.0270. The van der Waals surface area contributed by atoms with Crippen LogP contribution in [-0.2, 0) is 0 Å². The van der Waals surface area contributed by atoms with Crippen LogP contribution in [0.4, 0.5) is 17.6 Å². The minimum atomic E-state index is -2.64. The lowest BCUT2D eigenvalue weighted by molar-refractivity contribution is -0.0942.